The van der Waals surface area contributed by atoms with Gasteiger partial charge in [0.05, 0.1) is 6.04 Å². The van der Waals surface area contributed by atoms with Gasteiger partial charge in [0.25, 0.3) is 0 Å². The van der Waals surface area contributed by atoms with Crippen molar-refractivity contribution < 1.29 is 0 Å². The second kappa shape index (κ2) is 6.38. The molecule has 4 heteroatoms. The lowest BCUT2D eigenvalue weighted by atomic mass is 10.0. The number of nitrogens with zero attached hydrogens (tertiary/aromatic N) is 3. The molecule has 0 fully saturated rings. The minimum absolute atomic E-state index is 0.00856. The zero-order valence-corrected chi connectivity index (χ0v) is 11.7. The van der Waals surface area contributed by atoms with Gasteiger partial charge < -0.3 is 5.32 Å². The number of hydrogen-bond donors (Lipinski definition) is 1. The normalized spacial score (nSPS) is 12.4. The molecule has 1 atom stereocenters. The highest BCUT2D eigenvalue weighted by atomic mass is 15.0. The Hall–Kier alpha value is -1.81. The molecule has 0 amide bonds. The van der Waals surface area contributed by atoms with E-state index in [1.165, 1.54) is 5.56 Å². The van der Waals surface area contributed by atoms with Crippen LogP contribution in [0.5, 0.6) is 0 Å². The summed E-state index contributed by atoms with van der Waals surface area (Å²) in [5.41, 5.74) is 3.41. The van der Waals surface area contributed by atoms with Crippen LogP contribution in [0.2, 0.25) is 0 Å². The SMILES string of the molecule is CCCNC(c1ncc(C)cn1)c1cnccc1C. The van der Waals surface area contributed by atoms with Crippen LogP contribution in [0.15, 0.2) is 30.9 Å². The molecule has 2 aromatic rings. The van der Waals surface area contributed by atoms with Crippen molar-refractivity contribution in [2.24, 2.45) is 0 Å². The van der Waals surface area contributed by atoms with E-state index in [1.807, 2.05) is 37.8 Å². The quantitative estimate of drug-likeness (QED) is 0.893. The van der Waals surface area contributed by atoms with Crippen LogP contribution in [-0.4, -0.2) is 21.5 Å². The highest BCUT2D eigenvalue weighted by molar-refractivity contribution is 5.29. The number of rotatable bonds is 5. The predicted molar refractivity (Wildman–Crippen MR) is 75.9 cm³/mol. The molecule has 2 heterocycles. The first-order valence-electron chi connectivity index (χ1n) is 6.64. The van der Waals surface area contributed by atoms with Crippen LogP contribution in [0.3, 0.4) is 0 Å². The van der Waals surface area contributed by atoms with Crippen LogP contribution in [-0.2, 0) is 0 Å². The Kier molecular flexibility index (Phi) is 4.58. The molecule has 0 aliphatic heterocycles. The average Bonchev–Trinajstić information content (AvgIpc) is 2.43. The Bertz CT molecular complexity index is 522. The first kappa shape index (κ1) is 13.6. The van der Waals surface area contributed by atoms with Gasteiger partial charge in [0.15, 0.2) is 0 Å². The van der Waals surface area contributed by atoms with Crippen molar-refractivity contribution in [1.29, 1.82) is 0 Å². The molecule has 0 bridgehead atoms. The van der Waals surface area contributed by atoms with Crippen molar-refractivity contribution in [2.75, 3.05) is 6.54 Å². The van der Waals surface area contributed by atoms with Gasteiger partial charge in [-0.2, -0.15) is 0 Å². The maximum Gasteiger partial charge on any atom is 0.149 e. The summed E-state index contributed by atoms with van der Waals surface area (Å²) in [6.07, 6.45) is 8.49. The highest BCUT2D eigenvalue weighted by Gasteiger charge is 2.18. The molecular formula is C15H20N4. The van der Waals surface area contributed by atoms with Crippen LogP contribution >= 0.6 is 0 Å². The van der Waals surface area contributed by atoms with Gasteiger partial charge in [-0.1, -0.05) is 6.92 Å². The summed E-state index contributed by atoms with van der Waals surface area (Å²) < 4.78 is 0. The van der Waals surface area contributed by atoms with Crippen LogP contribution in [0.4, 0.5) is 0 Å². The summed E-state index contributed by atoms with van der Waals surface area (Å²) in [5.74, 6) is 0.801. The number of nitrogens with one attached hydrogen (secondary N) is 1. The molecule has 4 nitrogen and oxygen atoms in total. The van der Waals surface area contributed by atoms with E-state index in [-0.39, 0.29) is 6.04 Å². The maximum absolute atomic E-state index is 4.45. The smallest absolute Gasteiger partial charge is 0.149 e. The minimum Gasteiger partial charge on any atom is -0.304 e. The van der Waals surface area contributed by atoms with E-state index in [0.717, 1.165) is 29.9 Å². The first-order chi connectivity index (χ1) is 9.22. The lowest BCUT2D eigenvalue weighted by molar-refractivity contribution is 0.567. The van der Waals surface area contributed by atoms with E-state index in [4.69, 9.17) is 0 Å². The van der Waals surface area contributed by atoms with Crippen molar-refractivity contribution >= 4 is 0 Å². The fraction of sp³-hybridized carbons (Fsp3) is 0.400. The number of hydrogen-bond acceptors (Lipinski definition) is 4. The molecule has 100 valence electrons. The molecule has 0 radical (unpaired) electrons. The maximum atomic E-state index is 4.45. The summed E-state index contributed by atoms with van der Waals surface area (Å²) >= 11 is 0. The monoisotopic (exact) mass is 256 g/mol. The summed E-state index contributed by atoms with van der Waals surface area (Å²) in [4.78, 5) is 13.1. The van der Waals surface area contributed by atoms with E-state index < -0.39 is 0 Å². The number of aromatic nitrogens is 3. The summed E-state index contributed by atoms with van der Waals surface area (Å²) in [7, 11) is 0. The van der Waals surface area contributed by atoms with E-state index >= 15 is 0 Å². The second-order valence-corrected chi connectivity index (χ2v) is 4.74. The standard InChI is InChI=1S/C15H20N4/c1-4-6-17-14(13-10-16-7-5-12(13)3)15-18-8-11(2)9-19-15/h5,7-10,14,17H,4,6H2,1-3H3. The molecule has 1 unspecified atom stereocenters. The lowest BCUT2D eigenvalue weighted by Crippen LogP contribution is -2.26. The predicted octanol–water partition coefficient (Wildman–Crippen LogP) is 2.58. The van der Waals surface area contributed by atoms with Crippen molar-refractivity contribution in [3.8, 4) is 0 Å². The number of pyridine rings is 1. The molecule has 19 heavy (non-hydrogen) atoms. The fourth-order valence-electron chi connectivity index (χ4n) is 1.96. The van der Waals surface area contributed by atoms with Gasteiger partial charge in [-0.3, -0.25) is 4.98 Å². The summed E-state index contributed by atoms with van der Waals surface area (Å²) in [5, 5.41) is 3.50. The molecule has 0 saturated carbocycles. The van der Waals surface area contributed by atoms with Gasteiger partial charge in [-0.05, 0) is 49.6 Å². The Labute approximate surface area is 114 Å². The molecule has 0 aliphatic rings. The minimum atomic E-state index is 0.00856. The summed E-state index contributed by atoms with van der Waals surface area (Å²) in [6.45, 7) is 7.16. The Morgan fingerprint density at radius 1 is 1.16 bits per heavy atom. The zero-order chi connectivity index (χ0) is 13.7. The first-order valence-corrected chi connectivity index (χ1v) is 6.64. The largest absolute Gasteiger partial charge is 0.304 e. The highest BCUT2D eigenvalue weighted by Crippen LogP contribution is 2.21. The average molecular weight is 256 g/mol. The van der Waals surface area contributed by atoms with Gasteiger partial charge in [0.1, 0.15) is 5.82 Å². The van der Waals surface area contributed by atoms with Gasteiger partial charge >= 0.3 is 0 Å². The van der Waals surface area contributed by atoms with Crippen LogP contribution in [0.25, 0.3) is 0 Å². The molecule has 2 aromatic heterocycles. The second-order valence-electron chi connectivity index (χ2n) is 4.74. The number of aryl methyl sites for hydroxylation is 2. The van der Waals surface area contributed by atoms with Crippen molar-refractivity contribution in [3.05, 3.63) is 53.4 Å². The van der Waals surface area contributed by atoms with E-state index in [2.05, 4.69) is 34.1 Å². The van der Waals surface area contributed by atoms with Crippen LogP contribution in [0.1, 0.15) is 41.9 Å². The topological polar surface area (TPSA) is 50.7 Å². The Balaban J connectivity index is 2.35. The third kappa shape index (κ3) is 3.35. The molecule has 2 rings (SSSR count). The van der Waals surface area contributed by atoms with Crippen molar-refractivity contribution in [1.82, 2.24) is 20.3 Å². The van der Waals surface area contributed by atoms with E-state index in [1.54, 1.807) is 0 Å². The molecule has 0 spiro atoms. The van der Waals surface area contributed by atoms with Gasteiger partial charge in [-0.25, -0.2) is 9.97 Å². The van der Waals surface area contributed by atoms with Gasteiger partial charge in [0, 0.05) is 24.8 Å². The third-order valence-electron chi connectivity index (χ3n) is 3.05. The Morgan fingerprint density at radius 2 is 1.89 bits per heavy atom. The van der Waals surface area contributed by atoms with Crippen molar-refractivity contribution in [2.45, 2.75) is 33.2 Å². The Morgan fingerprint density at radius 3 is 2.53 bits per heavy atom. The molecule has 0 aliphatic carbocycles. The van der Waals surface area contributed by atoms with Crippen LogP contribution in [0, 0.1) is 13.8 Å². The molecule has 1 N–H and O–H groups in total. The zero-order valence-electron chi connectivity index (χ0n) is 11.7. The van der Waals surface area contributed by atoms with Gasteiger partial charge in [0.2, 0.25) is 0 Å². The molecule has 0 saturated heterocycles. The van der Waals surface area contributed by atoms with Crippen molar-refractivity contribution in [3.63, 3.8) is 0 Å². The lowest BCUT2D eigenvalue weighted by Gasteiger charge is -2.19. The van der Waals surface area contributed by atoms with E-state index in [0.29, 0.717) is 0 Å². The molecule has 0 aromatic carbocycles. The van der Waals surface area contributed by atoms with Gasteiger partial charge in [-0.15, -0.1) is 0 Å². The van der Waals surface area contributed by atoms with E-state index in [9.17, 15) is 0 Å². The van der Waals surface area contributed by atoms with Crippen LogP contribution < -0.4 is 5.32 Å². The molecular weight excluding hydrogens is 236 g/mol. The fourth-order valence-corrected chi connectivity index (χ4v) is 1.96. The summed E-state index contributed by atoms with van der Waals surface area (Å²) in [6, 6.07) is 2.03. The third-order valence-corrected chi connectivity index (χ3v) is 3.05.